The van der Waals surface area contributed by atoms with Crippen molar-refractivity contribution in [3.05, 3.63) is 71.0 Å². The minimum atomic E-state index is -0.147. The average molecular weight is 257 g/mol. The fourth-order valence-corrected chi connectivity index (χ4v) is 2.27. The third kappa shape index (κ3) is 3.42. The Morgan fingerprint density at radius 2 is 1.63 bits per heavy atom. The summed E-state index contributed by atoms with van der Waals surface area (Å²) in [6.45, 7) is 4.91. The summed E-state index contributed by atoms with van der Waals surface area (Å²) in [5.74, 6) is -0.147. The second kappa shape index (κ2) is 6.48. The second-order valence-electron chi connectivity index (χ2n) is 4.75. The van der Waals surface area contributed by atoms with E-state index in [9.17, 15) is 4.39 Å². The molecule has 0 saturated heterocycles. The van der Waals surface area contributed by atoms with E-state index in [0.29, 0.717) is 0 Å². The van der Waals surface area contributed by atoms with Crippen molar-refractivity contribution in [3.63, 3.8) is 0 Å². The van der Waals surface area contributed by atoms with E-state index >= 15 is 0 Å². The number of hydrogen-bond donors (Lipinski definition) is 1. The van der Waals surface area contributed by atoms with Crippen LogP contribution in [0.3, 0.4) is 0 Å². The number of benzene rings is 2. The van der Waals surface area contributed by atoms with Gasteiger partial charge in [0.15, 0.2) is 0 Å². The van der Waals surface area contributed by atoms with Gasteiger partial charge in [-0.15, -0.1) is 0 Å². The Balaban J connectivity index is 2.04. The Hall–Kier alpha value is -1.67. The lowest BCUT2D eigenvalue weighted by molar-refractivity contribution is 0.527. The van der Waals surface area contributed by atoms with E-state index in [1.165, 1.54) is 17.2 Å². The van der Waals surface area contributed by atoms with Crippen molar-refractivity contribution in [1.29, 1.82) is 0 Å². The highest BCUT2D eigenvalue weighted by Crippen LogP contribution is 2.17. The molecule has 0 bridgehead atoms. The zero-order chi connectivity index (χ0) is 13.7. The van der Waals surface area contributed by atoms with Crippen LogP contribution in [-0.2, 0) is 13.0 Å². The zero-order valence-electron chi connectivity index (χ0n) is 11.5. The first-order chi connectivity index (χ1) is 9.22. The first-order valence-corrected chi connectivity index (χ1v) is 6.77. The summed E-state index contributed by atoms with van der Waals surface area (Å²) in [5.41, 5.74) is 3.35. The predicted molar refractivity (Wildman–Crippen MR) is 77.5 cm³/mol. The Morgan fingerprint density at radius 1 is 1.00 bits per heavy atom. The molecule has 0 spiro atoms. The van der Waals surface area contributed by atoms with Crippen molar-refractivity contribution in [1.82, 2.24) is 5.32 Å². The van der Waals surface area contributed by atoms with E-state index in [0.717, 1.165) is 18.5 Å². The van der Waals surface area contributed by atoms with Gasteiger partial charge in [-0.2, -0.15) is 0 Å². The third-order valence-electron chi connectivity index (χ3n) is 3.47. The standard InChI is InChI=1S/C17H20FN/c1-3-14-8-4-5-9-15(14)12-19-13(2)16-10-6-7-11-17(16)18/h4-11,13,19H,3,12H2,1-2H3/t13-/m1/s1. The number of nitrogens with one attached hydrogen (secondary N) is 1. The molecule has 0 aliphatic rings. The van der Waals surface area contributed by atoms with Crippen molar-refractivity contribution in [2.75, 3.05) is 0 Å². The summed E-state index contributed by atoms with van der Waals surface area (Å²) in [7, 11) is 0. The minimum Gasteiger partial charge on any atom is -0.306 e. The molecule has 1 nitrogen and oxygen atoms in total. The molecule has 2 aromatic carbocycles. The maximum Gasteiger partial charge on any atom is 0.127 e. The molecule has 19 heavy (non-hydrogen) atoms. The fourth-order valence-electron chi connectivity index (χ4n) is 2.27. The molecule has 0 amide bonds. The largest absolute Gasteiger partial charge is 0.306 e. The van der Waals surface area contributed by atoms with Crippen LogP contribution in [0.4, 0.5) is 4.39 Å². The number of hydrogen-bond acceptors (Lipinski definition) is 1. The number of rotatable bonds is 5. The summed E-state index contributed by atoms with van der Waals surface area (Å²) in [5, 5.41) is 3.39. The quantitative estimate of drug-likeness (QED) is 0.844. The molecule has 0 fully saturated rings. The van der Waals surface area contributed by atoms with Crippen LogP contribution in [0, 0.1) is 5.82 Å². The van der Waals surface area contributed by atoms with Gasteiger partial charge in [0.05, 0.1) is 0 Å². The first-order valence-electron chi connectivity index (χ1n) is 6.77. The van der Waals surface area contributed by atoms with Gasteiger partial charge in [-0.05, 0) is 30.5 Å². The summed E-state index contributed by atoms with van der Waals surface area (Å²) >= 11 is 0. The van der Waals surface area contributed by atoms with E-state index in [2.05, 4.69) is 30.4 Å². The second-order valence-corrected chi connectivity index (χ2v) is 4.75. The molecular formula is C17H20FN. The molecule has 1 N–H and O–H groups in total. The van der Waals surface area contributed by atoms with Gasteiger partial charge in [0.2, 0.25) is 0 Å². The van der Waals surface area contributed by atoms with Crippen molar-refractivity contribution in [2.45, 2.75) is 32.9 Å². The molecule has 2 heteroatoms. The molecule has 0 unspecified atom stereocenters. The third-order valence-corrected chi connectivity index (χ3v) is 3.47. The van der Waals surface area contributed by atoms with Gasteiger partial charge < -0.3 is 5.32 Å². The molecule has 0 aromatic heterocycles. The topological polar surface area (TPSA) is 12.0 Å². The van der Waals surface area contributed by atoms with Crippen molar-refractivity contribution < 1.29 is 4.39 Å². The lowest BCUT2D eigenvalue weighted by atomic mass is 10.0. The van der Waals surface area contributed by atoms with Crippen LogP contribution in [0.15, 0.2) is 48.5 Å². The van der Waals surface area contributed by atoms with E-state index in [4.69, 9.17) is 0 Å². The van der Waals surface area contributed by atoms with Crippen LogP contribution in [0.2, 0.25) is 0 Å². The highest BCUT2D eigenvalue weighted by Gasteiger charge is 2.10. The highest BCUT2D eigenvalue weighted by molar-refractivity contribution is 5.27. The average Bonchev–Trinajstić information content (AvgIpc) is 2.45. The molecule has 0 radical (unpaired) electrons. The maximum absolute atomic E-state index is 13.7. The highest BCUT2D eigenvalue weighted by atomic mass is 19.1. The summed E-state index contributed by atoms with van der Waals surface area (Å²) in [4.78, 5) is 0. The normalized spacial score (nSPS) is 12.4. The van der Waals surface area contributed by atoms with Gasteiger partial charge in [0, 0.05) is 18.2 Å². The summed E-state index contributed by atoms with van der Waals surface area (Å²) in [6.07, 6.45) is 1.02. The van der Waals surface area contributed by atoms with Gasteiger partial charge in [-0.25, -0.2) is 4.39 Å². The Kier molecular flexibility index (Phi) is 4.69. The van der Waals surface area contributed by atoms with Gasteiger partial charge in [0.1, 0.15) is 5.82 Å². The Bertz CT molecular complexity index is 536. The minimum absolute atomic E-state index is 0.00566. The molecular weight excluding hydrogens is 237 g/mol. The molecule has 0 heterocycles. The lowest BCUT2D eigenvalue weighted by Gasteiger charge is -2.16. The van der Waals surface area contributed by atoms with Crippen molar-refractivity contribution in [2.24, 2.45) is 0 Å². The van der Waals surface area contributed by atoms with E-state index in [-0.39, 0.29) is 11.9 Å². The van der Waals surface area contributed by atoms with Crippen LogP contribution in [-0.4, -0.2) is 0 Å². The summed E-state index contributed by atoms with van der Waals surface area (Å²) in [6, 6.07) is 15.3. The Labute approximate surface area is 114 Å². The van der Waals surface area contributed by atoms with Crippen LogP contribution in [0.25, 0.3) is 0 Å². The van der Waals surface area contributed by atoms with E-state index in [1.807, 2.05) is 25.1 Å². The van der Waals surface area contributed by atoms with Crippen molar-refractivity contribution >= 4 is 0 Å². The van der Waals surface area contributed by atoms with Crippen LogP contribution in [0.1, 0.15) is 36.6 Å². The monoisotopic (exact) mass is 257 g/mol. The van der Waals surface area contributed by atoms with Gasteiger partial charge in [-0.1, -0.05) is 49.4 Å². The van der Waals surface area contributed by atoms with Gasteiger partial charge >= 0.3 is 0 Å². The molecule has 0 saturated carbocycles. The van der Waals surface area contributed by atoms with Crippen LogP contribution >= 0.6 is 0 Å². The smallest absolute Gasteiger partial charge is 0.127 e. The zero-order valence-corrected chi connectivity index (χ0v) is 11.5. The fraction of sp³-hybridized carbons (Fsp3) is 0.294. The molecule has 2 rings (SSSR count). The predicted octanol–water partition coefficient (Wildman–Crippen LogP) is 4.24. The van der Waals surface area contributed by atoms with Crippen molar-refractivity contribution in [3.8, 4) is 0 Å². The maximum atomic E-state index is 13.7. The summed E-state index contributed by atoms with van der Waals surface area (Å²) < 4.78 is 13.7. The lowest BCUT2D eigenvalue weighted by Crippen LogP contribution is -2.19. The molecule has 1 atom stereocenters. The van der Waals surface area contributed by atoms with E-state index < -0.39 is 0 Å². The molecule has 100 valence electrons. The molecule has 0 aliphatic carbocycles. The van der Waals surface area contributed by atoms with Crippen LogP contribution < -0.4 is 5.32 Å². The molecule has 2 aromatic rings. The number of aryl methyl sites for hydroxylation is 1. The first kappa shape index (κ1) is 13.8. The molecule has 0 aliphatic heterocycles. The van der Waals surface area contributed by atoms with E-state index in [1.54, 1.807) is 6.07 Å². The Morgan fingerprint density at radius 3 is 2.32 bits per heavy atom. The van der Waals surface area contributed by atoms with Crippen LogP contribution in [0.5, 0.6) is 0 Å². The van der Waals surface area contributed by atoms with Gasteiger partial charge in [-0.3, -0.25) is 0 Å². The van der Waals surface area contributed by atoms with Gasteiger partial charge in [0.25, 0.3) is 0 Å². The SMILES string of the molecule is CCc1ccccc1CN[C@H](C)c1ccccc1F. The number of halogens is 1.